The predicted octanol–water partition coefficient (Wildman–Crippen LogP) is 5.97. The molecule has 9 N–H and O–H groups in total. The molecule has 0 aliphatic carbocycles. The topological polar surface area (TPSA) is 176 Å². The second-order valence-corrected chi connectivity index (χ2v) is 8.94. The number of phenols is 3. The van der Waals surface area contributed by atoms with Gasteiger partial charge in [0, 0.05) is 0 Å². The van der Waals surface area contributed by atoms with Crippen molar-refractivity contribution in [2.24, 2.45) is 15.0 Å². The van der Waals surface area contributed by atoms with Crippen LogP contribution < -0.4 is 17.2 Å². The van der Waals surface area contributed by atoms with E-state index in [1.165, 1.54) is 0 Å². The number of rotatable bonds is 6. The molecule has 9 heteroatoms. The highest BCUT2D eigenvalue weighted by molar-refractivity contribution is 6.18. The predicted molar refractivity (Wildman–Crippen MR) is 160 cm³/mol. The second-order valence-electron chi connectivity index (χ2n) is 8.94. The average Bonchev–Trinajstić information content (AvgIpc) is 2.88. The Morgan fingerprint density at radius 2 is 0.692 bits per heavy atom. The van der Waals surface area contributed by atoms with Crippen molar-refractivity contribution in [1.82, 2.24) is 0 Å². The third-order valence-electron chi connectivity index (χ3n) is 6.18. The number of aromatic hydroxyl groups is 3. The summed E-state index contributed by atoms with van der Waals surface area (Å²) in [5.41, 5.74) is 21.6. The van der Waals surface area contributed by atoms with Gasteiger partial charge in [-0.05, 0) is 57.2 Å². The summed E-state index contributed by atoms with van der Waals surface area (Å²) in [6.07, 6.45) is 0. The Labute approximate surface area is 226 Å². The number of anilines is 3. The highest BCUT2D eigenvalue weighted by Crippen LogP contribution is 2.44. The number of aliphatic imine (C=N–C) groups is 3. The summed E-state index contributed by atoms with van der Waals surface area (Å²) in [5, 5.41) is 34.3. The molecule has 4 aromatic carbocycles. The summed E-state index contributed by atoms with van der Waals surface area (Å²) in [4.78, 5) is 13.6. The first-order valence-electron chi connectivity index (χ1n) is 12.1. The van der Waals surface area contributed by atoms with Crippen molar-refractivity contribution in [3.05, 3.63) is 89.5 Å². The molecule has 39 heavy (non-hydrogen) atoms. The van der Waals surface area contributed by atoms with Crippen molar-refractivity contribution in [2.45, 2.75) is 20.8 Å². The van der Waals surface area contributed by atoms with E-state index in [0.29, 0.717) is 34.1 Å². The third-order valence-corrected chi connectivity index (χ3v) is 6.18. The molecule has 0 saturated carbocycles. The molecule has 4 rings (SSSR count). The van der Waals surface area contributed by atoms with Gasteiger partial charge in [0.05, 0.1) is 67.9 Å². The monoisotopic (exact) mass is 522 g/mol. The summed E-state index contributed by atoms with van der Waals surface area (Å²) in [6, 6.07) is 20.9. The molecule has 0 atom stereocenters. The van der Waals surface area contributed by atoms with Crippen molar-refractivity contribution >= 4 is 51.3 Å². The van der Waals surface area contributed by atoms with E-state index in [-0.39, 0.29) is 33.8 Å². The van der Waals surface area contributed by atoms with Gasteiger partial charge in [-0.25, -0.2) is 0 Å². The summed E-state index contributed by atoms with van der Waals surface area (Å²) in [7, 11) is 0. The Hall–Kier alpha value is -5.31. The Balaban J connectivity index is 2.02. The number of para-hydroxylation sites is 6. The van der Waals surface area contributed by atoms with Crippen LogP contribution in [-0.4, -0.2) is 32.5 Å². The Kier molecular flexibility index (Phi) is 7.53. The van der Waals surface area contributed by atoms with E-state index in [4.69, 9.17) is 17.2 Å². The molecule has 0 spiro atoms. The average molecular weight is 523 g/mol. The van der Waals surface area contributed by atoms with Crippen molar-refractivity contribution in [3.63, 3.8) is 0 Å². The highest BCUT2D eigenvalue weighted by atomic mass is 16.3. The Morgan fingerprint density at radius 1 is 0.462 bits per heavy atom. The normalized spacial score (nSPS) is 12.5. The maximum Gasteiger partial charge on any atom is 0.141 e. The van der Waals surface area contributed by atoms with E-state index in [1.54, 1.807) is 93.6 Å². The van der Waals surface area contributed by atoms with E-state index in [2.05, 4.69) is 15.0 Å². The van der Waals surface area contributed by atoms with Gasteiger partial charge in [-0.2, -0.15) is 0 Å². The fourth-order valence-electron chi connectivity index (χ4n) is 4.22. The number of nitrogens with two attached hydrogens (primary N) is 3. The lowest BCUT2D eigenvalue weighted by molar-refractivity contribution is 0.423. The van der Waals surface area contributed by atoms with E-state index < -0.39 is 17.2 Å². The van der Waals surface area contributed by atoms with Gasteiger partial charge < -0.3 is 32.5 Å². The van der Waals surface area contributed by atoms with Gasteiger partial charge in [-0.1, -0.05) is 36.4 Å². The van der Waals surface area contributed by atoms with Crippen molar-refractivity contribution in [3.8, 4) is 17.2 Å². The van der Waals surface area contributed by atoms with E-state index in [1.807, 2.05) is 0 Å². The maximum atomic E-state index is 11.4. The Bertz CT molecular complexity index is 1440. The first-order valence-corrected chi connectivity index (χ1v) is 12.1. The van der Waals surface area contributed by atoms with Crippen LogP contribution in [0.2, 0.25) is 0 Å². The molecule has 0 saturated heterocycles. The Morgan fingerprint density at radius 3 is 0.923 bits per heavy atom. The van der Waals surface area contributed by atoms with E-state index in [0.717, 1.165) is 0 Å². The number of nitrogens with zero attached hydrogens (tertiary/aromatic N) is 3. The fourth-order valence-corrected chi connectivity index (χ4v) is 4.22. The standard InChI is InChI=1S/C30H30N6O3/c1-16(34-22-13-7-4-10-19(22)31)25-28(37)26(17(2)35-23-14-8-5-11-20(23)32)30(39)27(29(25)38)18(3)36-24-15-9-6-12-21(24)33/h4-15,37-39H,31-33H2,1-3H3. The van der Waals surface area contributed by atoms with Crippen LogP contribution in [0.25, 0.3) is 0 Å². The fraction of sp³-hybridized carbons (Fsp3) is 0.100. The number of benzene rings is 4. The molecule has 0 radical (unpaired) electrons. The van der Waals surface area contributed by atoms with Gasteiger partial charge in [0.2, 0.25) is 0 Å². The maximum absolute atomic E-state index is 11.4. The van der Waals surface area contributed by atoms with Crippen LogP contribution in [0.4, 0.5) is 34.1 Å². The van der Waals surface area contributed by atoms with Crippen LogP contribution in [0.3, 0.4) is 0 Å². The molecule has 0 amide bonds. The molecule has 0 heterocycles. The van der Waals surface area contributed by atoms with Crippen LogP contribution in [0.15, 0.2) is 87.8 Å². The van der Waals surface area contributed by atoms with Gasteiger partial charge in [0.25, 0.3) is 0 Å². The lowest BCUT2D eigenvalue weighted by Crippen LogP contribution is -2.09. The highest BCUT2D eigenvalue weighted by Gasteiger charge is 2.28. The minimum absolute atomic E-state index is 0.00720. The zero-order valence-corrected chi connectivity index (χ0v) is 21.8. The zero-order chi connectivity index (χ0) is 28.3. The number of hydrogen-bond donors (Lipinski definition) is 6. The summed E-state index contributed by atoms with van der Waals surface area (Å²) in [6.45, 7) is 4.86. The van der Waals surface area contributed by atoms with E-state index in [9.17, 15) is 15.3 Å². The number of nitrogen functional groups attached to an aromatic ring is 3. The van der Waals surface area contributed by atoms with Crippen molar-refractivity contribution in [2.75, 3.05) is 17.2 Å². The van der Waals surface area contributed by atoms with Gasteiger partial charge in [0.15, 0.2) is 0 Å². The molecule has 0 unspecified atom stereocenters. The minimum atomic E-state index is -0.410. The molecule has 0 aliphatic rings. The second kappa shape index (κ2) is 11.0. The molecule has 0 bridgehead atoms. The van der Waals surface area contributed by atoms with E-state index >= 15 is 0 Å². The first-order chi connectivity index (χ1) is 18.6. The molecule has 0 aliphatic heterocycles. The SMILES string of the molecule is CC(=Nc1ccccc1N)c1c(O)c(C(C)=Nc2ccccc2N)c(O)c(C(C)=Nc2ccccc2N)c1O. The van der Waals surface area contributed by atoms with Crippen molar-refractivity contribution < 1.29 is 15.3 Å². The van der Waals surface area contributed by atoms with Gasteiger partial charge in [-0.3, -0.25) is 15.0 Å². The van der Waals surface area contributed by atoms with Gasteiger partial charge in [-0.15, -0.1) is 0 Å². The minimum Gasteiger partial charge on any atom is -0.506 e. The van der Waals surface area contributed by atoms with Crippen molar-refractivity contribution in [1.29, 1.82) is 0 Å². The van der Waals surface area contributed by atoms with Crippen LogP contribution in [0.1, 0.15) is 37.5 Å². The number of phenolic OH excluding ortho intramolecular Hbond substituents is 3. The molecule has 0 fully saturated rings. The quantitative estimate of drug-likeness (QED) is 0.134. The van der Waals surface area contributed by atoms with Crippen LogP contribution in [-0.2, 0) is 0 Å². The number of hydrogen-bond acceptors (Lipinski definition) is 9. The lowest BCUT2D eigenvalue weighted by atomic mass is 9.93. The molecule has 198 valence electrons. The van der Waals surface area contributed by atoms with Crippen LogP contribution in [0, 0.1) is 0 Å². The largest absolute Gasteiger partial charge is 0.506 e. The van der Waals surface area contributed by atoms with Gasteiger partial charge >= 0.3 is 0 Å². The van der Waals surface area contributed by atoms with Gasteiger partial charge in [0.1, 0.15) is 17.2 Å². The first kappa shape index (κ1) is 26.7. The smallest absolute Gasteiger partial charge is 0.141 e. The lowest BCUT2D eigenvalue weighted by Gasteiger charge is -2.19. The molecule has 4 aromatic rings. The molecule has 0 aromatic heterocycles. The third kappa shape index (κ3) is 5.37. The summed E-state index contributed by atoms with van der Waals surface area (Å²) in [5.74, 6) is -1.23. The summed E-state index contributed by atoms with van der Waals surface area (Å²) < 4.78 is 0. The van der Waals surface area contributed by atoms with Crippen LogP contribution in [0.5, 0.6) is 17.2 Å². The summed E-state index contributed by atoms with van der Waals surface area (Å²) >= 11 is 0. The molecular weight excluding hydrogens is 492 g/mol. The van der Waals surface area contributed by atoms with Crippen LogP contribution >= 0.6 is 0 Å². The zero-order valence-electron chi connectivity index (χ0n) is 21.8. The molecule has 9 nitrogen and oxygen atoms in total. The molecular formula is C30H30N6O3.